The highest BCUT2D eigenvalue weighted by atomic mass is 15.0. The van der Waals surface area contributed by atoms with Gasteiger partial charge in [0.2, 0.25) is 0 Å². The number of nitrogens with zero attached hydrogens (tertiary/aromatic N) is 2. The van der Waals surface area contributed by atoms with Crippen LogP contribution in [0.25, 0.3) is 11.0 Å². The maximum atomic E-state index is 8.57. The second kappa shape index (κ2) is 2.79. The van der Waals surface area contributed by atoms with Crippen molar-refractivity contribution in [1.29, 1.82) is 5.26 Å². The second-order valence-corrected chi connectivity index (χ2v) is 2.77. The molecule has 0 bridgehead atoms. The lowest BCUT2D eigenvalue weighted by atomic mass is 10.1. The fraction of sp³-hybridized carbons (Fsp3) is 0.111. The van der Waals surface area contributed by atoms with Gasteiger partial charge in [-0.2, -0.15) is 5.26 Å². The zero-order chi connectivity index (χ0) is 9.26. The van der Waals surface area contributed by atoms with Crippen molar-refractivity contribution in [3.8, 4) is 6.07 Å². The van der Waals surface area contributed by atoms with E-state index in [-0.39, 0.29) is 0 Å². The van der Waals surface area contributed by atoms with Gasteiger partial charge in [-0.1, -0.05) is 12.1 Å². The molecule has 3 N–H and O–H groups in total. The van der Waals surface area contributed by atoms with Gasteiger partial charge in [0.25, 0.3) is 0 Å². The van der Waals surface area contributed by atoms with Crippen molar-refractivity contribution < 1.29 is 0 Å². The van der Waals surface area contributed by atoms with Gasteiger partial charge < -0.3 is 10.7 Å². The van der Waals surface area contributed by atoms with E-state index in [1.165, 1.54) is 0 Å². The van der Waals surface area contributed by atoms with E-state index in [1.54, 1.807) is 0 Å². The largest absolute Gasteiger partial charge is 0.369 e. The number of aromatic amines is 1. The molecule has 0 saturated carbocycles. The van der Waals surface area contributed by atoms with Crippen molar-refractivity contribution in [3.63, 3.8) is 0 Å². The Hall–Kier alpha value is -2.02. The molecule has 0 spiro atoms. The van der Waals surface area contributed by atoms with E-state index in [0.717, 1.165) is 16.6 Å². The van der Waals surface area contributed by atoms with E-state index in [0.29, 0.717) is 12.4 Å². The summed E-state index contributed by atoms with van der Waals surface area (Å²) >= 11 is 0. The van der Waals surface area contributed by atoms with Gasteiger partial charge >= 0.3 is 0 Å². The summed E-state index contributed by atoms with van der Waals surface area (Å²) in [4.78, 5) is 7.02. The summed E-state index contributed by atoms with van der Waals surface area (Å²) in [5, 5.41) is 8.57. The number of nitrogen functional groups attached to an aromatic ring is 1. The zero-order valence-electron chi connectivity index (χ0n) is 6.91. The third-order valence-electron chi connectivity index (χ3n) is 1.88. The van der Waals surface area contributed by atoms with Gasteiger partial charge in [-0.25, -0.2) is 4.98 Å². The molecule has 0 fully saturated rings. The van der Waals surface area contributed by atoms with Gasteiger partial charge in [-0.3, -0.25) is 0 Å². The lowest BCUT2D eigenvalue weighted by Gasteiger charge is -1.93. The second-order valence-electron chi connectivity index (χ2n) is 2.77. The van der Waals surface area contributed by atoms with Crippen LogP contribution in [0.15, 0.2) is 18.2 Å². The third-order valence-corrected chi connectivity index (χ3v) is 1.88. The fourth-order valence-corrected chi connectivity index (χ4v) is 1.34. The van der Waals surface area contributed by atoms with Crippen molar-refractivity contribution >= 4 is 17.0 Å². The number of nitrogens with one attached hydrogen (secondary N) is 1. The lowest BCUT2D eigenvalue weighted by Crippen LogP contribution is -1.85. The number of hydrogen-bond donors (Lipinski definition) is 2. The summed E-state index contributed by atoms with van der Waals surface area (Å²) in [7, 11) is 0. The van der Waals surface area contributed by atoms with Crippen molar-refractivity contribution in [2.75, 3.05) is 5.73 Å². The Morgan fingerprint density at radius 2 is 2.38 bits per heavy atom. The number of H-pyrrole nitrogens is 1. The molecule has 1 aromatic heterocycles. The lowest BCUT2D eigenvalue weighted by molar-refractivity contribution is 1.27. The number of nitrogens with two attached hydrogens (primary N) is 1. The Balaban J connectivity index is 2.69. The number of nitriles is 1. The Bertz CT molecular complexity index is 478. The van der Waals surface area contributed by atoms with Gasteiger partial charge in [0.05, 0.1) is 23.5 Å². The topological polar surface area (TPSA) is 78.5 Å². The first-order chi connectivity index (χ1) is 6.31. The molecule has 64 valence electrons. The number of hydrogen-bond acceptors (Lipinski definition) is 3. The molecule has 1 aromatic carbocycles. The van der Waals surface area contributed by atoms with Crippen molar-refractivity contribution in [3.05, 3.63) is 23.8 Å². The van der Waals surface area contributed by atoms with Crippen LogP contribution in [-0.2, 0) is 6.42 Å². The van der Waals surface area contributed by atoms with E-state index < -0.39 is 0 Å². The summed E-state index contributed by atoms with van der Waals surface area (Å²) in [5.74, 6) is 0.389. The Labute approximate surface area is 75.0 Å². The molecule has 4 nitrogen and oxygen atoms in total. The van der Waals surface area contributed by atoms with Crippen LogP contribution >= 0.6 is 0 Å². The van der Waals surface area contributed by atoms with Gasteiger partial charge in [0.15, 0.2) is 5.95 Å². The molecule has 0 atom stereocenters. The van der Waals surface area contributed by atoms with Gasteiger partial charge in [0.1, 0.15) is 0 Å². The maximum absolute atomic E-state index is 8.57. The first kappa shape index (κ1) is 7.62. The molecule has 2 rings (SSSR count). The molecule has 0 aliphatic heterocycles. The quantitative estimate of drug-likeness (QED) is 0.678. The first-order valence-corrected chi connectivity index (χ1v) is 3.91. The Kier molecular flexibility index (Phi) is 1.64. The number of benzene rings is 1. The van der Waals surface area contributed by atoms with Crippen LogP contribution in [0, 0.1) is 11.3 Å². The number of rotatable bonds is 1. The predicted molar refractivity (Wildman–Crippen MR) is 49.8 cm³/mol. The maximum Gasteiger partial charge on any atom is 0.198 e. The predicted octanol–water partition coefficient (Wildman–Crippen LogP) is 1.21. The van der Waals surface area contributed by atoms with E-state index in [9.17, 15) is 0 Å². The molecule has 0 aliphatic rings. The van der Waals surface area contributed by atoms with E-state index in [1.807, 2.05) is 18.2 Å². The molecular formula is C9H8N4. The van der Waals surface area contributed by atoms with E-state index >= 15 is 0 Å². The minimum atomic E-state index is 0.363. The average Bonchev–Trinajstić information content (AvgIpc) is 2.47. The number of aromatic nitrogens is 2. The summed E-state index contributed by atoms with van der Waals surface area (Å²) in [6.07, 6.45) is 0.363. The third kappa shape index (κ3) is 1.20. The van der Waals surface area contributed by atoms with Crippen LogP contribution < -0.4 is 5.73 Å². The van der Waals surface area contributed by atoms with Crippen LogP contribution in [0.4, 0.5) is 5.95 Å². The van der Waals surface area contributed by atoms with E-state index in [4.69, 9.17) is 11.0 Å². The molecule has 4 heteroatoms. The van der Waals surface area contributed by atoms with Crippen LogP contribution in [0.1, 0.15) is 5.56 Å². The summed E-state index contributed by atoms with van der Waals surface area (Å²) in [5.41, 5.74) is 8.09. The molecule has 0 saturated heterocycles. The minimum Gasteiger partial charge on any atom is -0.369 e. The van der Waals surface area contributed by atoms with Crippen molar-refractivity contribution in [2.24, 2.45) is 0 Å². The molecular weight excluding hydrogens is 164 g/mol. The molecule has 0 unspecified atom stereocenters. The standard InChI is InChI=1S/C9H8N4/c10-5-4-6-2-1-3-7-8(6)13-9(11)12-7/h1-3H,4H2,(H3,11,12,13). The fourth-order valence-electron chi connectivity index (χ4n) is 1.34. The number of fused-ring (bicyclic) bond motifs is 1. The van der Waals surface area contributed by atoms with Gasteiger partial charge in [-0.15, -0.1) is 0 Å². The monoisotopic (exact) mass is 172 g/mol. The number of anilines is 1. The summed E-state index contributed by atoms with van der Waals surface area (Å²) in [6.45, 7) is 0. The Morgan fingerprint density at radius 3 is 3.15 bits per heavy atom. The highest BCUT2D eigenvalue weighted by molar-refractivity contribution is 5.80. The highest BCUT2D eigenvalue weighted by Gasteiger charge is 2.03. The van der Waals surface area contributed by atoms with Crippen molar-refractivity contribution in [2.45, 2.75) is 6.42 Å². The smallest absolute Gasteiger partial charge is 0.198 e. The number of imidazole rings is 1. The van der Waals surface area contributed by atoms with Gasteiger partial charge in [0, 0.05) is 0 Å². The summed E-state index contributed by atoms with van der Waals surface area (Å²) < 4.78 is 0. The normalized spacial score (nSPS) is 10.1. The van der Waals surface area contributed by atoms with Gasteiger partial charge in [-0.05, 0) is 11.6 Å². The summed E-state index contributed by atoms with van der Waals surface area (Å²) in [6, 6.07) is 7.74. The van der Waals surface area contributed by atoms with E-state index in [2.05, 4.69) is 16.0 Å². The minimum absolute atomic E-state index is 0.363. The molecule has 0 aliphatic carbocycles. The Morgan fingerprint density at radius 1 is 1.54 bits per heavy atom. The number of para-hydroxylation sites is 1. The van der Waals surface area contributed by atoms with Crippen LogP contribution in [-0.4, -0.2) is 9.97 Å². The average molecular weight is 172 g/mol. The molecule has 1 heterocycles. The highest BCUT2D eigenvalue weighted by Crippen LogP contribution is 2.17. The zero-order valence-corrected chi connectivity index (χ0v) is 6.91. The molecule has 13 heavy (non-hydrogen) atoms. The molecule has 2 aromatic rings. The SMILES string of the molecule is N#CCc1cccc2[nH]c(N)nc12. The first-order valence-electron chi connectivity index (χ1n) is 3.91. The van der Waals surface area contributed by atoms with Crippen LogP contribution in [0.5, 0.6) is 0 Å². The molecule has 0 amide bonds. The molecule has 0 radical (unpaired) electrons. The van der Waals surface area contributed by atoms with Crippen molar-refractivity contribution in [1.82, 2.24) is 9.97 Å². The van der Waals surface area contributed by atoms with Crippen LogP contribution in [0.3, 0.4) is 0 Å². The van der Waals surface area contributed by atoms with Crippen LogP contribution in [0.2, 0.25) is 0 Å².